The summed E-state index contributed by atoms with van der Waals surface area (Å²) >= 11 is 0. The molecule has 112 valence electrons. The van der Waals surface area contributed by atoms with Gasteiger partial charge in [0.1, 0.15) is 11.6 Å². The molecule has 0 bridgehead atoms. The van der Waals surface area contributed by atoms with E-state index in [1.165, 1.54) is 13.2 Å². The van der Waals surface area contributed by atoms with Crippen LogP contribution in [0.5, 0.6) is 5.75 Å². The molecule has 0 aromatic heterocycles. The van der Waals surface area contributed by atoms with Crippen molar-refractivity contribution in [3.63, 3.8) is 0 Å². The number of amides is 1. The summed E-state index contributed by atoms with van der Waals surface area (Å²) < 4.78 is 18.8. The lowest BCUT2D eigenvalue weighted by Gasteiger charge is -2.15. The first-order valence-corrected chi connectivity index (χ1v) is 6.92. The van der Waals surface area contributed by atoms with E-state index in [-0.39, 0.29) is 17.8 Å². The summed E-state index contributed by atoms with van der Waals surface area (Å²) in [5, 5.41) is 5.95. The molecule has 0 radical (unpaired) electrons. The molecule has 0 aliphatic carbocycles. The fourth-order valence-corrected chi connectivity index (χ4v) is 1.85. The van der Waals surface area contributed by atoms with E-state index in [0.717, 1.165) is 6.42 Å². The zero-order valence-electron chi connectivity index (χ0n) is 12.3. The number of carbonyl (C=O) groups is 1. The first-order chi connectivity index (χ1) is 9.58. The zero-order chi connectivity index (χ0) is 15.0. The van der Waals surface area contributed by atoms with Crippen LogP contribution in [0.25, 0.3) is 0 Å². The van der Waals surface area contributed by atoms with Crippen molar-refractivity contribution in [3.8, 4) is 5.75 Å². The highest BCUT2D eigenvalue weighted by Crippen LogP contribution is 2.21. The molecular weight excluding hydrogens is 259 g/mol. The molecule has 0 aliphatic heterocycles. The van der Waals surface area contributed by atoms with E-state index in [0.29, 0.717) is 30.8 Å². The fraction of sp³-hybridized carbons (Fsp3) is 0.533. The van der Waals surface area contributed by atoms with Crippen molar-refractivity contribution in [3.05, 3.63) is 29.6 Å². The number of hydrogen-bond acceptors (Lipinski definition) is 3. The Kier molecular flexibility index (Phi) is 7.01. The summed E-state index contributed by atoms with van der Waals surface area (Å²) in [5.74, 6) is 0.207. The minimum absolute atomic E-state index is 0.0155. The molecule has 1 atom stereocenters. The van der Waals surface area contributed by atoms with Gasteiger partial charge in [0, 0.05) is 37.2 Å². The molecule has 1 unspecified atom stereocenters. The number of methoxy groups -OCH3 is 1. The molecule has 4 nitrogen and oxygen atoms in total. The van der Waals surface area contributed by atoms with Crippen LogP contribution >= 0.6 is 0 Å². The third kappa shape index (κ3) is 5.17. The maximum absolute atomic E-state index is 13.8. The zero-order valence-corrected chi connectivity index (χ0v) is 12.3. The standard InChI is InChI=1S/C15H23FN2O2/c1-4-8-18-15(19)7-9-17-11(2)13-6-5-12(20-3)10-14(13)16/h5-6,10-11,17H,4,7-9H2,1-3H3,(H,18,19). The summed E-state index contributed by atoms with van der Waals surface area (Å²) in [6.45, 7) is 5.09. The molecule has 0 aliphatic rings. The number of nitrogens with one attached hydrogen (secondary N) is 2. The first-order valence-electron chi connectivity index (χ1n) is 6.92. The molecule has 1 rings (SSSR count). The van der Waals surface area contributed by atoms with Gasteiger partial charge in [-0.05, 0) is 19.4 Å². The topological polar surface area (TPSA) is 50.4 Å². The van der Waals surface area contributed by atoms with Gasteiger partial charge in [0.2, 0.25) is 5.91 Å². The van der Waals surface area contributed by atoms with Gasteiger partial charge < -0.3 is 15.4 Å². The number of benzene rings is 1. The van der Waals surface area contributed by atoms with Crippen LogP contribution in [0.3, 0.4) is 0 Å². The van der Waals surface area contributed by atoms with Crippen molar-refractivity contribution in [2.24, 2.45) is 0 Å². The van der Waals surface area contributed by atoms with Gasteiger partial charge in [-0.3, -0.25) is 4.79 Å². The molecule has 0 heterocycles. The van der Waals surface area contributed by atoms with Gasteiger partial charge in [-0.25, -0.2) is 4.39 Å². The third-order valence-corrected chi connectivity index (χ3v) is 3.05. The van der Waals surface area contributed by atoms with E-state index >= 15 is 0 Å². The van der Waals surface area contributed by atoms with Crippen LogP contribution in [-0.4, -0.2) is 26.1 Å². The molecule has 0 fully saturated rings. The third-order valence-electron chi connectivity index (χ3n) is 3.05. The summed E-state index contributed by atoms with van der Waals surface area (Å²) in [4.78, 5) is 11.4. The Balaban J connectivity index is 2.43. The van der Waals surface area contributed by atoms with Gasteiger partial charge in [-0.2, -0.15) is 0 Å². The largest absolute Gasteiger partial charge is 0.497 e. The van der Waals surface area contributed by atoms with E-state index in [4.69, 9.17) is 4.74 Å². The molecule has 1 aromatic rings. The van der Waals surface area contributed by atoms with E-state index < -0.39 is 0 Å². The Bertz CT molecular complexity index is 438. The fourth-order valence-electron chi connectivity index (χ4n) is 1.85. The summed E-state index contributed by atoms with van der Waals surface area (Å²) in [6.07, 6.45) is 1.31. The smallest absolute Gasteiger partial charge is 0.221 e. The maximum Gasteiger partial charge on any atom is 0.221 e. The molecule has 5 heteroatoms. The molecule has 20 heavy (non-hydrogen) atoms. The summed E-state index contributed by atoms with van der Waals surface area (Å²) in [6, 6.07) is 4.63. The second kappa shape index (κ2) is 8.53. The molecule has 1 amide bonds. The Hall–Kier alpha value is -1.62. The number of halogens is 1. The average Bonchev–Trinajstić information content (AvgIpc) is 2.44. The van der Waals surface area contributed by atoms with Crippen molar-refractivity contribution in [2.45, 2.75) is 32.7 Å². The molecule has 2 N–H and O–H groups in total. The lowest BCUT2D eigenvalue weighted by molar-refractivity contribution is -0.121. The molecule has 0 saturated heterocycles. The number of carbonyl (C=O) groups excluding carboxylic acids is 1. The van der Waals surface area contributed by atoms with E-state index in [9.17, 15) is 9.18 Å². The van der Waals surface area contributed by atoms with E-state index in [1.54, 1.807) is 12.1 Å². The van der Waals surface area contributed by atoms with Gasteiger partial charge in [-0.15, -0.1) is 0 Å². The van der Waals surface area contributed by atoms with Crippen LogP contribution in [0.15, 0.2) is 18.2 Å². The maximum atomic E-state index is 13.8. The number of hydrogen-bond donors (Lipinski definition) is 2. The number of rotatable bonds is 8. The van der Waals surface area contributed by atoms with Gasteiger partial charge in [0.15, 0.2) is 0 Å². The highest BCUT2D eigenvalue weighted by molar-refractivity contribution is 5.75. The van der Waals surface area contributed by atoms with Gasteiger partial charge in [-0.1, -0.05) is 13.0 Å². The molecule has 1 aromatic carbocycles. The Labute approximate surface area is 119 Å². The Morgan fingerprint density at radius 2 is 2.15 bits per heavy atom. The van der Waals surface area contributed by atoms with Crippen molar-refractivity contribution < 1.29 is 13.9 Å². The van der Waals surface area contributed by atoms with Crippen LogP contribution < -0.4 is 15.4 Å². The second-order valence-corrected chi connectivity index (χ2v) is 4.66. The van der Waals surface area contributed by atoms with E-state index in [2.05, 4.69) is 10.6 Å². The molecular formula is C15H23FN2O2. The quantitative estimate of drug-likeness (QED) is 0.770. The average molecular weight is 282 g/mol. The SMILES string of the molecule is CCCNC(=O)CCNC(C)c1ccc(OC)cc1F. The summed E-state index contributed by atoms with van der Waals surface area (Å²) in [5.41, 5.74) is 0.569. The lowest BCUT2D eigenvalue weighted by Crippen LogP contribution is -2.29. The Morgan fingerprint density at radius 3 is 2.75 bits per heavy atom. The van der Waals surface area contributed by atoms with Crippen LogP contribution in [-0.2, 0) is 4.79 Å². The van der Waals surface area contributed by atoms with Crippen LogP contribution in [0.1, 0.15) is 38.3 Å². The van der Waals surface area contributed by atoms with Crippen LogP contribution in [0, 0.1) is 5.82 Å². The molecule has 0 spiro atoms. The first kappa shape index (κ1) is 16.4. The van der Waals surface area contributed by atoms with Gasteiger partial charge in [0.05, 0.1) is 7.11 Å². The Morgan fingerprint density at radius 1 is 1.40 bits per heavy atom. The predicted octanol–water partition coefficient (Wildman–Crippen LogP) is 2.40. The summed E-state index contributed by atoms with van der Waals surface area (Å²) in [7, 11) is 1.50. The highest BCUT2D eigenvalue weighted by atomic mass is 19.1. The lowest BCUT2D eigenvalue weighted by atomic mass is 10.1. The second-order valence-electron chi connectivity index (χ2n) is 4.66. The monoisotopic (exact) mass is 282 g/mol. The van der Waals surface area contributed by atoms with Gasteiger partial charge >= 0.3 is 0 Å². The minimum Gasteiger partial charge on any atom is -0.497 e. The van der Waals surface area contributed by atoms with Crippen LogP contribution in [0.4, 0.5) is 4.39 Å². The van der Waals surface area contributed by atoms with Crippen LogP contribution in [0.2, 0.25) is 0 Å². The van der Waals surface area contributed by atoms with Crippen molar-refractivity contribution in [1.29, 1.82) is 0 Å². The normalized spacial score (nSPS) is 12.0. The van der Waals surface area contributed by atoms with Crippen molar-refractivity contribution >= 4 is 5.91 Å². The van der Waals surface area contributed by atoms with E-state index in [1.807, 2.05) is 13.8 Å². The van der Waals surface area contributed by atoms with Crippen molar-refractivity contribution in [2.75, 3.05) is 20.2 Å². The minimum atomic E-state index is -0.306. The van der Waals surface area contributed by atoms with Crippen molar-refractivity contribution in [1.82, 2.24) is 10.6 Å². The number of ether oxygens (including phenoxy) is 1. The van der Waals surface area contributed by atoms with Gasteiger partial charge in [0.25, 0.3) is 0 Å². The predicted molar refractivity (Wildman–Crippen MR) is 77.3 cm³/mol. The molecule has 0 saturated carbocycles. The highest BCUT2D eigenvalue weighted by Gasteiger charge is 2.11.